The fourth-order valence-electron chi connectivity index (χ4n) is 1.14. The lowest BCUT2D eigenvalue weighted by molar-refractivity contribution is 0.797. The highest BCUT2D eigenvalue weighted by Crippen LogP contribution is 2.21. The summed E-state index contributed by atoms with van der Waals surface area (Å²) in [6.45, 7) is 0. The Morgan fingerprint density at radius 1 is 1.45 bits per heavy atom. The third-order valence-corrected chi connectivity index (χ3v) is 2.07. The summed E-state index contributed by atoms with van der Waals surface area (Å²) in [5.41, 5.74) is 1.07. The van der Waals surface area contributed by atoms with E-state index in [0.717, 1.165) is 15.9 Å². The summed E-state index contributed by atoms with van der Waals surface area (Å²) in [6.07, 6.45) is 1.78. The predicted molar refractivity (Wildman–Crippen MR) is 45.7 cm³/mol. The normalized spacial score (nSPS) is 10.7. The van der Waals surface area contributed by atoms with Gasteiger partial charge in [-0.25, -0.2) is 0 Å². The fraction of sp³-hybridized carbons (Fsp3) is 0.125. The van der Waals surface area contributed by atoms with Crippen LogP contribution in [0.25, 0.3) is 10.9 Å². The maximum Gasteiger partial charge on any atom is 0.0694 e. The maximum absolute atomic E-state index is 5.92. The summed E-state index contributed by atoms with van der Waals surface area (Å²) in [5, 5.41) is 5.86. The number of aromatic nitrogens is 2. The zero-order chi connectivity index (χ0) is 7.84. The van der Waals surface area contributed by atoms with Crippen LogP contribution in [0.1, 0.15) is 0 Å². The predicted octanol–water partition coefficient (Wildman–Crippen LogP) is 2.23. The molecule has 0 saturated carbocycles. The van der Waals surface area contributed by atoms with E-state index in [2.05, 4.69) is 5.10 Å². The van der Waals surface area contributed by atoms with E-state index in [0.29, 0.717) is 0 Å². The number of aryl methyl sites for hydroxylation is 1. The zero-order valence-electron chi connectivity index (χ0n) is 6.08. The summed E-state index contributed by atoms with van der Waals surface area (Å²) < 4.78 is 1.81. The van der Waals surface area contributed by atoms with E-state index in [4.69, 9.17) is 11.6 Å². The first-order valence-electron chi connectivity index (χ1n) is 3.35. The monoisotopic (exact) mass is 166 g/mol. The average Bonchev–Trinajstić information content (AvgIpc) is 2.35. The fourth-order valence-corrected chi connectivity index (χ4v) is 1.36. The molecule has 0 fully saturated rings. The van der Waals surface area contributed by atoms with Gasteiger partial charge in [-0.1, -0.05) is 17.7 Å². The van der Waals surface area contributed by atoms with Crippen LogP contribution in [0.2, 0.25) is 5.02 Å². The molecule has 0 N–H and O–H groups in total. The van der Waals surface area contributed by atoms with Gasteiger partial charge in [0.1, 0.15) is 0 Å². The maximum atomic E-state index is 5.92. The van der Waals surface area contributed by atoms with Crippen molar-refractivity contribution in [3.63, 3.8) is 0 Å². The Morgan fingerprint density at radius 2 is 2.27 bits per heavy atom. The number of hydrogen-bond donors (Lipinski definition) is 0. The second kappa shape index (κ2) is 2.24. The summed E-state index contributed by atoms with van der Waals surface area (Å²) in [5.74, 6) is 0. The van der Waals surface area contributed by atoms with E-state index in [1.54, 1.807) is 10.9 Å². The highest BCUT2D eigenvalue weighted by atomic mass is 35.5. The highest BCUT2D eigenvalue weighted by Gasteiger charge is 2.00. The van der Waals surface area contributed by atoms with Crippen LogP contribution in [0.4, 0.5) is 0 Å². The first-order valence-corrected chi connectivity index (χ1v) is 3.73. The molecule has 0 aliphatic heterocycles. The molecule has 0 unspecified atom stereocenters. The first kappa shape index (κ1) is 6.68. The minimum atomic E-state index is 0.760. The molecule has 0 aliphatic carbocycles. The molecule has 3 heteroatoms. The van der Waals surface area contributed by atoms with Gasteiger partial charge in [0.05, 0.1) is 16.7 Å². The summed E-state index contributed by atoms with van der Waals surface area (Å²) >= 11 is 5.92. The second-order valence-corrected chi connectivity index (χ2v) is 2.85. The Bertz CT molecular complexity index is 392. The van der Waals surface area contributed by atoms with Crippen molar-refractivity contribution in [3.8, 4) is 0 Å². The molecule has 11 heavy (non-hydrogen) atoms. The number of fused-ring (bicyclic) bond motifs is 1. The number of halogens is 1. The van der Waals surface area contributed by atoms with Crippen LogP contribution in [0.15, 0.2) is 24.4 Å². The molecular weight excluding hydrogens is 160 g/mol. The standard InChI is InChI=1S/C8H7ClN2/c1-11-8-4-2-3-7(9)6(8)5-10-11/h2-5H,1H3. The lowest BCUT2D eigenvalue weighted by atomic mass is 10.2. The molecule has 56 valence electrons. The molecule has 1 heterocycles. The van der Waals surface area contributed by atoms with E-state index in [-0.39, 0.29) is 0 Å². The Balaban J connectivity index is 2.94. The van der Waals surface area contributed by atoms with Crippen molar-refractivity contribution in [2.45, 2.75) is 0 Å². The van der Waals surface area contributed by atoms with E-state index < -0.39 is 0 Å². The quantitative estimate of drug-likeness (QED) is 0.587. The van der Waals surface area contributed by atoms with Crippen molar-refractivity contribution in [2.24, 2.45) is 7.05 Å². The van der Waals surface area contributed by atoms with Crippen LogP contribution < -0.4 is 0 Å². The van der Waals surface area contributed by atoms with Gasteiger partial charge in [-0.2, -0.15) is 5.10 Å². The van der Waals surface area contributed by atoms with Crippen molar-refractivity contribution in [3.05, 3.63) is 29.4 Å². The van der Waals surface area contributed by atoms with Crippen LogP contribution >= 0.6 is 11.6 Å². The highest BCUT2D eigenvalue weighted by molar-refractivity contribution is 6.35. The SMILES string of the molecule is Cn1ncc2c(Cl)cccc21. The van der Waals surface area contributed by atoms with Gasteiger partial charge in [0, 0.05) is 12.4 Å². The summed E-state index contributed by atoms with van der Waals surface area (Å²) in [6, 6.07) is 5.78. The number of benzene rings is 1. The first-order chi connectivity index (χ1) is 5.29. The molecule has 1 aromatic carbocycles. The van der Waals surface area contributed by atoms with E-state index in [9.17, 15) is 0 Å². The Morgan fingerprint density at radius 3 is 3.00 bits per heavy atom. The van der Waals surface area contributed by atoms with Crippen molar-refractivity contribution in [1.82, 2.24) is 9.78 Å². The third-order valence-electron chi connectivity index (χ3n) is 1.74. The molecule has 0 atom stereocenters. The molecule has 0 bridgehead atoms. The second-order valence-electron chi connectivity index (χ2n) is 2.44. The number of hydrogen-bond acceptors (Lipinski definition) is 1. The van der Waals surface area contributed by atoms with Crippen molar-refractivity contribution in [2.75, 3.05) is 0 Å². The molecule has 2 aromatic rings. The molecule has 0 spiro atoms. The minimum absolute atomic E-state index is 0.760. The van der Waals surface area contributed by atoms with Crippen LogP contribution in [-0.2, 0) is 7.05 Å². The Kier molecular flexibility index (Phi) is 1.36. The lowest BCUT2D eigenvalue weighted by Crippen LogP contribution is -1.87. The topological polar surface area (TPSA) is 17.8 Å². The molecular formula is C8H7ClN2. The van der Waals surface area contributed by atoms with Gasteiger partial charge < -0.3 is 0 Å². The third kappa shape index (κ3) is 0.906. The molecule has 2 rings (SSSR count). The molecule has 0 radical (unpaired) electrons. The number of rotatable bonds is 0. The summed E-state index contributed by atoms with van der Waals surface area (Å²) in [4.78, 5) is 0. The van der Waals surface area contributed by atoms with Crippen molar-refractivity contribution < 1.29 is 0 Å². The van der Waals surface area contributed by atoms with E-state index in [1.807, 2.05) is 25.2 Å². The molecule has 0 aliphatic rings. The lowest BCUT2D eigenvalue weighted by Gasteiger charge is -1.93. The molecule has 0 amide bonds. The van der Waals surface area contributed by atoms with Crippen LogP contribution in [0.5, 0.6) is 0 Å². The zero-order valence-corrected chi connectivity index (χ0v) is 6.84. The van der Waals surface area contributed by atoms with Crippen LogP contribution in [0.3, 0.4) is 0 Å². The van der Waals surface area contributed by atoms with Gasteiger partial charge >= 0.3 is 0 Å². The smallest absolute Gasteiger partial charge is 0.0694 e. The average molecular weight is 167 g/mol. The largest absolute Gasteiger partial charge is 0.268 e. The van der Waals surface area contributed by atoms with Crippen LogP contribution in [0, 0.1) is 0 Å². The molecule has 2 nitrogen and oxygen atoms in total. The van der Waals surface area contributed by atoms with E-state index in [1.165, 1.54) is 0 Å². The van der Waals surface area contributed by atoms with E-state index >= 15 is 0 Å². The van der Waals surface area contributed by atoms with Gasteiger partial charge in [0.25, 0.3) is 0 Å². The van der Waals surface area contributed by atoms with Gasteiger partial charge in [-0.3, -0.25) is 4.68 Å². The molecule has 0 saturated heterocycles. The molecule has 1 aromatic heterocycles. The van der Waals surface area contributed by atoms with Crippen molar-refractivity contribution in [1.29, 1.82) is 0 Å². The van der Waals surface area contributed by atoms with Gasteiger partial charge in [0.2, 0.25) is 0 Å². The number of nitrogens with zero attached hydrogens (tertiary/aromatic N) is 2. The van der Waals surface area contributed by atoms with Crippen LogP contribution in [-0.4, -0.2) is 9.78 Å². The van der Waals surface area contributed by atoms with Gasteiger partial charge in [0.15, 0.2) is 0 Å². The Hall–Kier alpha value is -1.02. The Labute approximate surface area is 69.4 Å². The van der Waals surface area contributed by atoms with Gasteiger partial charge in [-0.05, 0) is 12.1 Å². The van der Waals surface area contributed by atoms with Crippen molar-refractivity contribution >= 4 is 22.5 Å². The minimum Gasteiger partial charge on any atom is -0.268 e. The van der Waals surface area contributed by atoms with Gasteiger partial charge in [-0.15, -0.1) is 0 Å². The summed E-state index contributed by atoms with van der Waals surface area (Å²) in [7, 11) is 1.90.